The zero-order valence-electron chi connectivity index (χ0n) is 8.43. The molecule has 76 valence electrons. The van der Waals surface area contributed by atoms with Gasteiger partial charge in [0.05, 0.1) is 0 Å². The molecule has 0 saturated heterocycles. The smallest absolute Gasteiger partial charge is 0.0401 e. The molecular weight excluding hydrogens is 202 g/mol. The van der Waals surface area contributed by atoms with E-state index >= 15 is 0 Å². The number of hydrogen-bond acceptors (Lipinski definition) is 2. The molecule has 1 aromatic heterocycles. The maximum atomic E-state index is 4.27. The Balaban J connectivity index is 1.99. The van der Waals surface area contributed by atoms with Gasteiger partial charge in [-0.2, -0.15) is 0 Å². The molecule has 0 aliphatic carbocycles. The highest BCUT2D eigenvalue weighted by Gasteiger charge is 1.96. The Morgan fingerprint density at radius 3 is 2.40 bits per heavy atom. The molecule has 0 saturated carbocycles. The lowest BCUT2D eigenvalue weighted by atomic mass is 10.1. The number of thiol groups is 1. The second kappa shape index (κ2) is 4.99. The van der Waals surface area contributed by atoms with Crippen LogP contribution in [0.15, 0.2) is 53.7 Å². The predicted octanol–water partition coefficient (Wildman–Crippen LogP) is 3.16. The van der Waals surface area contributed by atoms with E-state index in [2.05, 4.69) is 47.9 Å². The van der Waals surface area contributed by atoms with Gasteiger partial charge in [-0.05, 0) is 30.0 Å². The van der Waals surface area contributed by atoms with Gasteiger partial charge in [-0.25, -0.2) is 0 Å². The fourth-order valence-corrected chi connectivity index (χ4v) is 1.78. The third-order valence-electron chi connectivity index (χ3n) is 2.33. The third kappa shape index (κ3) is 3.10. The van der Waals surface area contributed by atoms with Crippen molar-refractivity contribution in [2.75, 3.05) is 0 Å². The highest BCUT2D eigenvalue weighted by atomic mass is 32.1. The molecule has 0 spiro atoms. The fraction of sp³-hybridized carbons (Fsp3) is 0.154. The lowest BCUT2D eigenvalue weighted by Crippen LogP contribution is -1.91. The van der Waals surface area contributed by atoms with E-state index in [0.29, 0.717) is 0 Å². The van der Waals surface area contributed by atoms with Crippen molar-refractivity contribution in [3.63, 3.8) is 0 Å². The van der Waals surface area contributed by atoms with Gasteiger partial charge >= 0.3 is 0 Å². The Kier molecular flexibility index (Phi) is 3.41. The molecule has 1 nitrogen and oxygen atoms in total. The van der Waals surface area contributed by atoms with E-state index in [0.717, 1.165) is 17.7 Å². The molecule has 0 amide bonds. The first kappa shape index (κ1) is 10.2. The van der Waals surface area contributed by atoms with E-state index in [-0.39, 0.29) is 0 Å². The predicted molar refractivity (Wildman–Crippen MR) is 65.3 cm³/mol. The van der Waals surface area contributed by atoms with Gasteiger partial charge in [0.15, 0.2) is 0 Å². The zero-order chi connectivity index (χ0) is 10.5. The van der Waals surface area contributed by atoms with E-state index in [1.807, 2.05) is 12.3 Å². The number of pyridine rings is 1. The average Bonchev–Trinajstić information content (AvgIpc) is 2.28. The van der Waals surface area contributed by atoms with Crippen LogP contribution in [0.1, 0.15) is 11.1 Å². The molecule has 1 aromatic carbocycles. The van der Waals surface area contributed by atoms with Crippen molar-refractivity contribution in [3.05, 3.63) is 59.9 Å². The van der Waals surface area contributed by atoms with Crippen molar-refractivity contribution in [1.82, 2.24) is 4.98 Å². The summed E-state index contributed by atoms with van der Waals surface area (Å²) in [4.78, 5) is 5.05. The molecular formula is C13H13NS. The molecule has 15 heavy (non-hydrogen) atoms. The Bertz CT molecular complexity index is 426. The molecule has 2 rings (SSSR count). The van der Waals surface area contributed by atoms with Gasteiger partial charge in [-0.15, -0.1) is 12.6 Å². The average molecular weight is 215 g/mol. The highest BCUT2D eigenvalue weighted by molar-refractivity contribution is 7.80. The van der Waals surface area contributed by atoms with Crippen molar-refractivity contribution in [2.24, 2.45) is 0 Å². The number of nitrogens with zero attached hydrogens (tertiary/aromatic N) is 1. The minimum absolute atomic E-state index is 0.931. The molecule has 0 unspecified atom stereocenters. The van der Waals surface area contributed by atoms with Crippen LogP contribution in [0, 0.1) is 0 Å². The number of rotatable bonds is 3. The van der Waals surface area contributed by atoms with E-state index in [4.69, 9.17) is 0 Å². The van der Waals surface area contributed by atoms with Crippen LogP contribution < -0.4 is 0 Å². The first-order chi connectivity index (χ1) is 7.34. The summed E-state index contributed by atoms with van der Waals surface area (Å²) in [5.41, 5.74) is 2.61. The number of hydrogen-bond donors (Lipinski definition) is 1. The molecule has 1 heterocycles. The summed E-state index contributed by atoms with van der Waals surface area (Å²) in [6.45, 7) is 0. The van der Waals surface area contributed by atoms with Crippen LogP contribution in [-0.2, 0) is 12.8 Å². The summed E-state index contributed by atoms with van der Waals surface area (Å²) in [5.74, 6) is 0. The largest absolute Gasteiger partial charge is 0.263 e. The van der Waals surface area contributed by atoms with Crippen molar-refractivity contribution < 1.29 is 0 Å². The van der Waals surface area contributed by atoms with E-state index in [1.165, 1.54) is 11.1 Å². The van der Waals surface area contributed by atoms with E-state index < -0.39 is 0 Å². The summed E-state index contributed by atoms with van der Waals surface area (Å²) < 4.78 is 0. The number of aromatic nitrogens is 1. The van der Waals surface area contributed by atoms with Crippen LogP contribution in [0.4, 0.5) is 0 Å². The highest BCUT2D eigenvalue weighted by Crippen LogP contribution is 2.10. The molecule has 0 N–H and O–H groups in total. The SMILES string of the molecule is Sc1cncc(CCc2ccccc2)c1. The first-order valence-corrected chi connectivity index (χ1v) is 5.46. The van der Waals surface area contributed by atoms with Crippen molar-refractivity contribution in [3.8, 4) is 0 Å². The summed E-state index contributed by atoms with van der Waals surface area (Å²) in [7, 11) is 0. The molecule has 2 heteroatoms. The van der Waals surface area contributed by atoms with Crippen LogP contribution in [-0.4, -0.2) is 4.98 Å². The minimum Gasteiger partial charge on any atom is -0.263 e. The van der Waals surface area contributed by atoms with Crippen molar-refractivity contribution >= 4 is 12.6 Å². The summed E-state index contributed by atoms with van der Waals surface area (Å²) >= 11 is 4.27. The van der Waals surface area contributed by atoms with Crippen LogP contribution >= 0.6 is 12.6 Å². The quantitative estimate of drug-likeness (QED) is 0.776. The van der Waals surface area contributed by atoms with Gasteiger partial charge < -0.3 is 0 Å². The second-order valence-electron chi connectivity index (χ2n) is 3.54. The van der Waals surface area contributed by atoms with E-state index in [9.17, 15) is 0 Å². The third-order valence-corrected chi connectivity index (χ3v) is 2.57. The molecule has 2 aromatic rings. The van der Waals surface area contributed by atoms with Gasteiger partial charge in [0.2, 0.25) is 0 Å². The summed E-state index contributed by atoms with van der Waals surface area (Å²) in [6.07, 6.45) is 5.74. The monoisotopic (exact) mass is 215 g/mol. The van der Waals surface area contributed by atoms with E-state index in [1.54, 1.807) is 6.20 Å². The fourth-order valence-electron chi connectivity index (χ4n) is 1.54. The molecule has 0 radical (unpaired) electrons. The topological polar surface area (TPSA) is 12.9 Å². The molecule has 0 fully saturated rings. The Morgan fingerprint density at radius 2 is 1.67 bits per heavy atom. The van der Waals surface area contributed by atoms with Gasteiger partial charge in [0, 0.05) is 17.3 Å². The molecule has 0 aliphatic rings. The second-order valence-corrected chi connectivity index (χ2v) is 4.05. The van der Waals surface area contributed by atoms with Gasteiger partial charge in [0.25, 0.3) is 0 Å². The van der Waals surface area contributed by atoms with Crippen LogP contribution in [0.25, 0.3) is 0 Å². The Hall–Kier alpha value is -1.28. The Labute approximate surface area is 95.6 Å². The summed E-state index contributed by atoms with van der Waals surface area (Å²) in [5, 5.41) is 0. The minimum atomic E-state index is 0.931. The van der Waals surface area contributed by atoms with Gasteiger partial charge in [0.1, 0.15) is 0 Å². The van der Waals surface area contributed by atoms with Gasteiger partial charge in [-0.1, -0.05) is 30.3 Å². The standard InChI is InChI=1S/C13H13NS/c15-13-8-12(9-14-10-13)7-6-11-4-2-1-3-5-11/h1-5,8-10,15H,6-7H2. The normalized spacial score (nSPS) is 10.2. The van der Waals surface area contributed by atoms with Crippen LogP contribution in [0.5, 0.6) is 0 Å². The lowest BCUT2D eigenvalue weighted by Gasteiger charge is -2.02. The molecule has 0 atom stereocenters. The van der Waals surface area contributed by atoms with Crippen molar-refractivity contribution in [1.29, 1.82) is 0 Å². The first-order valence-electron chi connectivity index (χ1n) is 5.01. The molecule has 0 bridgehead atoms. The van der Waals surface area contributed by atoms with Crippen molar-refractivity contribution in [2.45, 2.75) is 17.7 Å². The number of aryl methyl sites for hydroxylation is 2. The van der Waals surface area contributed by atoms with Crippen LogP contribution in [0.2, 0.25) is 0 Å². The summed E-state index contributed by atoms with van der Waals surface area (Å²) in [6, 6.07) is 12.6. The van der Waals surface area contributed by atoms with Crippen LogP contribution in [0.3, 0.4) is 0 Å². The lowest BCUT2D eigenvalue weighted by molar-refractivity contribution is 0.942. The number of benzene rings is 1. The maximum absolute atomic E-state index is 4.27. The molecule has 0 aliphatic heterocycles. The maximum Gasteiger partial charge on any atom is 0.0401 e. The zero-order valence-corrected chi connectivity index (χ0v) is 9.32. The Morgan fingerprint density at radius 1 is 0.933 bits per heavy atom. The van der Waals surface area contributed by atoms with Gasteiger partial charge in [-0.3, -0.25) is 4.98 Å².